The van der Waals surface area contributed by atoms with Gasteiger partial charge in [0.25, 0.3) is 0 Å². The highest BCUT2D eigenvalue weighted by molar-refractivity contribution is 4.97. The quantitative estimate of drug-likeness (QED) is 0.667. The molecule has 0 radical (unpaired) electrons. The van der Waals surface area contributed by atoms with Gasteiger partial charge in [0.05, 0.1) is 0 Å². The lowest BCUT2D eigenvalue weighted by molar-refractivity contribution is -0.496. The van der Waals surface area contributed by atoms with E-state index in [1.165, 1.54) is 0 Å². The third-order valence-corrected chi connectivity index (χ3v) is 2.14. The van der Waals surface area contributed by atoms with Gasteiger partial charge in [-0.2, -0.15) is 35.1 Å². The van der Waals surface area contributed by atoms with E-state index in [1.54, 1.807) is 0 Å². The lowest BCUT2D eigenvalue weighted by Gasteiger charge is -2.40. The van der Waals surface area contributed by atoms with Gasteiger partial charge in [0.1, 0.15) is 0 Å². The minimum absolute atomic E-state index is 0.912. The van der Waals surface area contributed by atoms with Crippen molar-refractivity contribution in [2.75, 3.05) is 0 Å². The second kappa shape index (κ2) is 4.81. The Hall–Kier alpha value is -0.880. The van der Waals surface area contributed by atoms with Gasteiger partial charge in [0.2, 0.25) is 0 Å². The molecular formula is C8H6F12O. The van der Waals surface area contributed by atoms with Crippen molar-refractivity contribution in [3.8, 4) is 0 Å². The molecule has 0 spiro atoms. The van der Waals surface area contributed by atoms with Crippen LogP contribution in [-0.2, 0) is 4.74 Å². The van der Waals surface area contributed by atoms with Gasteiger partial charge in [-0.25, -0.2) is 17.6 Å². The van der Waals surface area contributed by atoms with Gasteiger partial charge >= 0.3 is 35.9 Å². The molecule has 0 N–H and O–H groups in total. The standard InChI is InChI=1S/C8H6F12O/c1-3(9,10)5(13,7(15,16)17)21-6(14,4(2,11)12)8(18,19)20/h1-2H3. The fourth-order valence-corrected chi connectivity index (χ4v) is 0.986. The summed E-state index contributed by atoms with van der Waals surface area (Å²) in [5, 5.41) is 0. The number of hydrogen-bond donors (Lipinski definition) is 0. The van der Waals surface area contributed by atoms with Crippen LogP contribution >= 0.6 is 0 Å². The van der Waals surface area contributed by atoms with E-state index >= 15 is 0 Å². The fraction of sp³-hybridized carbons (Fsp3) is 1.00. The highest BCUT2D eigenvalue weighted by atomic mass is 19.4. The Kier molecular flexibility index (Phi) is 4.61. The van der Waals surface area contributed by atoms with E-state index in [0.29, 0.717) is 0 Å². The van der Waals surface area contributed by atoms with Crippen LogP contribution < -0.4 is 0 Å². The summed E-state index contributed by atoms with van der Waals surface area (Å²) in [6, 6.07) is 0. The van der Waals surface area contributed by atoms with Crippen LogP contribution in [0.4, 0.5) is 52.7 Å². The van der Waals surface area contributed by atoms with Crippen molar-refractivity contribution in [3.05, 3.63) is 0 Å². The van der Waals surface area contributed by atoms with E-state index in [-0.39, 0.29) is 0 Å². The molecule has 21 heavy (non-hydrogen) atoms. The molecule has 2 unspecified atom stereocenters. The maximum absolute atomic E-state index is 13.2. The zero-order valence-corrected chi connectivity index (χ0v) is 9.94. The van der Waals surface area contributed by atoms with Gasteiger partial charge in [-0.05, 0) is 0 Å². The average Bonchev–Trinajstić information content (AvgIpc) is 2.09. The van der Waals surface area contributed by atoms with Crippen molar-refractivity contribution in [1.82, 2.24) is 0 Å². The van der Waals surface area contributed by atoms with Gasteiger partial charge < -0.3 is 0 Å². The first-order valence-electron chi connectivity index (χ1n) is 4.68. The molecule has 0 bridgehead atoms. The summed E-state index contributed by atoms with van der Waals surface area (Å²) < 4.78 is 152. The number of rotatable bonds is 4. The monoisotopic (exact) mass is 346 g/mol. The minimum atomic E-state index is -6.93. The molecule has 0 aliphatic rings. The Bertz CT molecular complexity index is 305. The summed E-state index contributed by atoms with van der Waals surface area (Å²) in [6.45, 7) is -1.82. The molecule has 0 rings (SSSR count). The van der Waals surface area contributed by atoms with Crippen LogP contribution in [0.1, 0.15) is 13.8 Å². The van der Waals surface area contributed by atoms with Crippen LogP contribution in [0.15, 0.2) is 0 Å². The molecule has 128 valence electrons. The third kappa shape index (κ3) is 3.31. The highest BCUT2D eigenvalue weighted by Gasteiger charge is 2.81. The number of halogens is 12. The molecule has 13 heteroatoms. The van der Waals surface area contributed by atoms with Crippen molar-refractivity contribution in [1.29, 1.82) is 0 Å². The van der Waals surface area contributed by atoms with Crippen molar-refractivity contribution < 1.29 is 57.4 Å². The van der Waals surface area contributed by atoms with Crippen LogP contribution in [-0.4, -0.2) is 35.9 Å². The summed E-state index contributed by atoms with van der Waals surface area (Å²) >= 11 is 0. The van der Waals surface area contributed by atoms with Gasteiger partial charge in [-0.1, -0.05) is 0 Å². The molecule has 1 nitrogen and oxygen atoms in total. The van der Waals surface area contributed by atoms with E-state index in [0.717, 1.165) is 0 Å². The molecule has 0 aliphatic carbocycles. The van der Waals surface area contributed by atoms with E-state index in [1.807, 2.05) is 4.74 Å². The molecule has 0 fully saturated rings. The Morgan fingerprint density at radius 1 is 0.476 bits per heavy atom. The number of alkyl halides is 12. The maximum Gasteiger partial charge on any atom is 0.455 e. The molecule has 0 saturated heterocycles. The Labute approximate surface area is 108 Å². The summed E-state index contributed by atoms with van der Waals surface area (Å²) in [5.74, 6) is -24.9. The first-order chi connectivity index (χ1) is 8.71. The molecule has 2 atom stereocenters. The minimum Gasteiger partial charge on any atom is -0.284 e. The van der Waals surface area contributed by atoms with Crippen molar-refractivity contribution >= 4 is 0 Å². The zero-order chi connectivity index (χ0) is 17.7. The normalized spacial score (nSPS) is 20.9. The smallest absolute Gasteiger partial charge is 0.284 e. The summed E-state index contributed by atoms with van der Waals surface area (Å²) in [5.41, 5.74) is 0. The van der Waals surface area contributed by atoms with E-state index in [4.69, 9.17) is 0 Å². The largest absolute Gasteiger partial charge is 0.455 e. The van der Waals surface area contributed by atoms with Crippen molar-refractivity contribution in [2.45, 2.75) is 49.8 Å². The first kappa shape index (κ1) is 20.1. The summed E-state index contributed by atoms with van der Waals surface area (Å²) in [7, 11) is 0. The average molecular weight is 346 g/mol. The highest BCUT2D eigenvalue weighted by Crippen LogP contribution is 2.54. The molecule has 0 amide bonds. The second-order valence-corrected chi connectivity index (χ2v) is 4.06. The third-order valence-electron chi connectivity index (χ3n) is 2.14. The summed E-state index contributed by atoms with van der Waals surface area (Å²) in [6.07, 6.45) is -13.9. The van der Waals surface area contributed by atoms with Gasteiger partial charge in [-0.15, -0.1) is 0 Å². The van der Waals surface area contributed by atoms with Crippen molar-refractivity contribution in [3.63, 3.8) is 0 Å². The predicted molar refractivity (Wildman–Crippen MR) is 42.1 cm³/mol. The Balaban J connectivity index is 6.15. The number of ether oxygens (including phenoxy) is 1. The van der Waals surface area contributed by atoms with E-state index in [9.17, 15) is 52.7 Å². The molecule has 0 aromatic carbocycles. The topological polar surface area (TPSA) is 9.23 Å². The lowest BCUT2D eigenvalue weighted by atomic mass is 10.1. The summed E-state index contributed by atoms with van der Waals surface area (Å²) in [4.78, 5) is 0. The maximum atomic E-state index is 13.2. The van der Waals surface area contributed by atoms with Crippen LogP contribution in [0.3, 0.4) is 0 Å². The predicted octanol–water partition coefficient (Wildman–Crippen LogP) is 4.77. The number of hydrogen-bond acceptors (Lipinski definition) is 1. The van der Waals surface area contributed by atoms with Gasteiger partial charge in [-0.3, -0.25) is 4.74 Å². The second-order valence-electron chi connectivity index (χ2n) is 4.06. The Morgan fingerprint density at radius 3 is 0.762 bits per heavy atom. The van der Waals surface area contributed by atoms with Crippen LogP contribution in [0.5, 0.6) is 0 Å². The molecule has 0 aliphatic heterocycles. The molecule has 0 saturated carbocycles. The van der Waals surface area contributed by atoms with E-state index < -0.39 is 49.8 Å². The molecule has 0 aromatic heterocycles. The van der Waals surface area contributed by atoms with E-state index in [2.05, 4.69) is 0 Å². The molecule has 0 heterocycles. The first-order valence-corrected chi connectivity index (χ1v) is 4.68. The Morgan fingerprint density at radius 2 is 0.667 bits per heavy atom. The SMILES string of the molecule is CC(F)(F)C(F)(OC(F)(C(C)(F)F)C(F)(F)F)C(F)(F)F. The lowest BCUT2D eigenvalue weighted by Crippen LogP contribution is -2.66. The molecule has 0 aromatic rings. The van der Waals surface area contributed by atoms with Crippen LogP contribution in [0, 0.1) is 0 Å². The molecular weight excluding hydrogens is 340 g/mol. The van der Waals surface area contributed by atoms with Gasteiger partial charge in [0, 0.05) is 13.8 Å². The van der Waals surface area contributed by atoms with Gasteiger partial charge in [0.15, 0.2) is 0 Å². The zero-order valence-electron chi connectivity index (χ0n) is 9.94. The van der Waals surface area contributed by atoms with Crippen molar-refractivity contribution in [2.24, 2.45) is 0 Å². The fourth-order valence-electron chi connectivity index (χ4n) is 0.986. The van der Waals surface area contributed by atoms with Crippen LogP contribution in [0.25, 0.3) is 0 Å². The van der Waals surface area contributed by atoms with Crippen LogP contribution in [0.2, 0.25) is 0 Å².